The lowest BCUT2D eigenvalue weighted by Crippen LogP contribution is -2.54. The number of amides is 10. The Labute approximate surface area is 488 Å². The molecular weight excluding hydrogens is 1130 g/mol. The van der Waals surface area contributed by atoms with E-state index >= 15 is 0 Å². The predicted octanol–water partition coefficient (Wildman–Crippen LogP) is 3.24. The summed E-state index contributed by atoms with van der Waals surface area (Å²) < 4.78 is 28.5. The maximum Gasteiger partial charge on any atom is 0.408 e. The van der Waals surface area contributed by atoms with Gasteiger partial charge >= 0.3 is 24.1 Å². The highest BCUT2D eigenvalue weighted by molar-refractivity contribution is 9.09. The number of primary amides is 1. The van der Waals surface area contributed by atoms with Crippen LogP contribution in [0.1, 0.15) is 112 Å². The average Bonchev–Trinajstić information content (AvgIpc) is 2.82. The maximum atomic E-state index is 13.6. The quantitative estimate of drug-likeness (QED) is 0.00967. The minimum atomic E-state index is -1.05. The van der Waals surface area contributed by atoms with Gasteiger partial charge in [0.05, 0.1) is 43.0 Å². The Morgan fingerprint density at radius 2 is 1.59 bits per heavy atom. The predicted molar refractivity (Wildman–Crippen MR) is 306 cm³/mol. The van der Waals surface area contributed by atoms with Crippen molar-refractivity contribution >= 4 is 75.3 Å². The summed E-state index contributed by atoms with van der Waals surface area (Å²) in [5.74, 6) is -2.44. The number of carbonyl (C=O) groups excluding carboxylic acids is 9. The standard InChI is InChI=1S/C56H85BrN10O15/c1-33(2)49(67-46(69)13-9-8-10-24-59-48(71)28-57)52(74)66-42(12-11-25-60-53(58)75)51(73)64-40-19-17-39(18-20-40)30-78-55(77)63-32-62-54(76)61-29-41-27-56(31-79-56)50(72)45(82-41)22-15-34(3)14-21-44-35(4)26-43(37(6)81-44)65-47(70)23-16-36(5)80-38(7)68/h14-20,22-23,33,35-37,41-45,49-50,72H,8-13,21,24-32H2,1-7H3,(H,59,71)(H,63,77)(H,64,73)(H,65,70)(H,66,74)(H,67,69)(H3,58,60,75)(H2,61,62,76)/b22-15+,23-16-,34-14+/t35-,36-,37+,41-,42-,43+,44-,45+,49-,50+,56+/m0/s1. The Hall–Kier alpha value is -6.61. The lowest BCUT2D eigenvalue weighted by molar-refractivity contribution is -0.143. The first-order valence-corrected chi connectivity index (χ1v) is 29.0. The van der Waals surface area contributed by atoms with Crippen molar-refractivity contribution in [3.05, 3.63) is 65.8 Å². The lowest BCUT2D eigenvalue weighted by Gasteiger charge is -2.39. The molecule has 26 heteroatoms. The summed E-state index contributed by atoms with van der Waals surface area (Å²) in [4.78, 5) is 111. The number of nitrogens with two attached hydrogens (primary N) is 1. The van der Waals surface area contributed by atoms with Gasteiger partial charge in [-0.1, -0.05) is 79.1 Å². The third-order valence-electron chi connectivity index (χ3n) is 13.9. The molecule has 3 aliphatic rings. The fraction of sp³-hybridized carbons (Fsp3) is 0.625. The SMILES string of the molecule is CC(=O)O[C@@H](C)/C=C\C(=O)N[C@@H]1C[C@H](C)[C@H](C/C=C(C)/C=C/[C@H]2O[C@H](CNC(=O)NCNC(=O)OCc3ccc(NC(=O)[C@H](CCCNC(N)=O)NC(=O)[C@@H](NC(=O)CCCCCNC(=O)CBr)C(C)C)cc3)C[C@@]3(CO3)[C@@H]2O)O[C@@H]1C. The number of esters is 1. The molecule has 3 saturated heterocycles. The number of urea groups is 2. The van der Waals surface area contributed by atoms with Gasteiger partial charge in [0.15, 0.2) is 0 Å². The molecule has 1 aromatic carbocycles. The van der Waals surface area contributed by atoms with Crippen molar-refractivity contribution in [3.8, 4) is 0 Å². The molecule has 0 bridgehead atoms. The number of anilines is 1. The molecule has 1 aromatic rings. The largest absolute Gasteiger partial charge is 0.459 e. The van der Waals surface area contributed by atoms with Gasteiger partial charge in [0.25, 0.3) is 0 Å². The van der Waals surface area contributed by atoms with Gasteiger partial charge in [-0.05, 0) is 94.9 Å². The van der Waals surface area contributed by atoms with E-state index in [4.69, 9.17) is 29.4 Å². The van der Waals surface area contributed by atoms with E-state index in [0.717, 1.165) is 5.57 Å². The van der Waals surface area contributed by atoms with E-state index in [-0.39, 0.29) is 92.3 Å². The molecule has 10 amide bonds. The zero-order valence-electron chi connectivity index (χ0n) is 48.0. The fourth-order valence-corrected chi connectivity index (χ4v) is 9.36. The minimum absolute atomic E-state index is 0.0825. The van der Waals surface area contributed by atoms with Gasteiger partial charge in [-0.3, -0.25) is 28.8 Å². The van der Waals surface area contributed by atoms with Crippen molar-refractivity contribution in [2.75, 3.05) is 43.6 Å². The molecule has 3 fully saturated rings. The van der Waals surface area contributed by atoms with Gasteiger partial charge < -0.3 is 82.4 Å². The van der Waals surface area contributed by atoms with Gasteiger partial charge in [-0.25, -0.2) is 14.4 Å². The summed E-state index contributed by atoms with van der Waals surface area (Å²) in [7, 11) is 0. The number of hydrogen-bond acceptors (Lipinski definition) is 15. The molecule has 0 aliphatic carbocycles. The molecule has 4 rings (SSSR count). The van der Waals surface area contributed by atoms with Crippen molar-refractivity contribution in [1.82, 2.24) is 42.5 Å². The van der Waals surface area contributed by atoms with Gasteiger partial charge in [-0.2, -0.15) is 0 Å². The van der Waals surface area contributed by atoms with Crippen molar-refractivity contribution in [2.45, 2.75) is 173 Å². The number of aliphatic hydroxyl groups excluding tert-OH is 1. The number of hydrogen-bond donors (Lipinski definition) is 11. The number of alkyl halides is 1. The Balaban J connectivity index is 1.17. The summed E-state index contributed by atoms with van der Waals surface area (Å²) in [6.45, 7) is 13.1. The maximum absolute atomic E-state index is 13.6. The fourth-order valence-electron chi connectivity index (χ4n) is 9.16. The van der Waals surface area contributed by atoms with Crippen LogP contribution in [-0.4, -0.2) is 157 Å². The van der Waals surface area contributed by atoms with Gasteiger partial charge in [0, 0.05) is 51.2 Å². The first kappa shape index (κ1) is 67.9. The highest BCUT2D eigenvalue weighted by Crippen LogP contribution is 2.42. The average molecular weight is 1220 g/mol. The molecule has 0 saturated carbocycles. The number of halogens is 1. The Bertz CT molecular complexity index is 2400. The van der Waals surface area contributed by atoms with Crippen LogP contribution in [0.4, 0.5) is 20.1 Å². The van der Waals surface area contributed by atoms with Crippen LogP contribution in [0.25, 0.3) is 0 Å². The summed E-state index contributed by atoms with van der Waals surface area (Å²) in [6.07, 6.45) is 9.05. The van der Waals surface area contributed by atoms with Crippen molar-refractivity contribution in [2.24, 2.45) is 17.6 Å². The van der Waals surface area contributed by atoms with E-state index in [1.54, 1.807) is 51.1 Å². The highest BCUT2D eigenvalue weighted by atomic mass is 79.9. The molecule has 11 atom stereocenters. The molecule has 3 heterocycles. The van der Waals surface area contributed by atoms with E-state index in [1.807, 2.05) is 19.9 Å². The zero-order chi connectivity index (χ0) is 60.4. The van der Waals surface area contributed by atoms with E-state index in [1.165, 1.54) is 19.1 Å². The molecular formula is C56H85BrN10O15. The molecule has 25 nitrogen and oxygen atoms in total. The van der Waals surface area contributed by atoms with Crippen LogP contribution < -0.4 is 53.6 Å². The molecule has 12 N–H and O–H groups in total. The van der Waals surface area contributed by atoms with E-state index in [2.05, 4.69) is 76.8 Å². The number of aliphatic hydroxyl groups is 1. The monoisotopic (exact) mass is 1220 g/mol. The Morgan fingerprint density at radius 1 is 0.866 bits per heavy atom. The molecule has 82 heavy (non-hydrogen) atoms. The Morgan fingerprint density at radius 3 is 2.26 bits per heavy atom. The van der Waals surface area contributed by atoms with Gasteiger partial charge in [0.1, 0.15) is 42.6 Å². The normalized spacial score (nSPS) is 23.4. The molecule has 0 unspecified atom stereocenters. The number of unbranched alkanes of at least 4 members (excludes halogenated alkanes) is 2. The topological polar surface area (TPSA) is 358 Å². The smallest absolute Gasteiger partial charge is 0.408 e. The van der Waals surface area contributed by atoms with Crippen molar-refractivity contribution in [3.63, 3.8) is 0 Å². The van der Waals surface area contributed by atoms with Crippen LogP contribution in [0.15, 0.2) is 60.2 Å². The Kier molecular flexibility index (Phi) is 28.8. The second-order valence-electron chi connectivity index (χ2n) is 21.2. The second kappa shape index (κ2) is 34.7. The first-order chi connectivity index (χ1) is 39.0. The van der Waals surface area contributed by atoms with Crippen LogP contribution in [0.2, 0.25) is 0 Å². The van der Waals surface area contributed by atoms with Crippen molar-refractivity contribution < 1.29 is 71.9 Å². The summed E-state index contributed by atoms with van der Waals surface area (Å²) in [5.41, 5.74) is 6.28. The van der Waals surface area contributed by atoms with Gasteiger partial charge in [0.2, 0.25) is 29.5 Å². The zero-order valence-corrected chi connectivity index (χ0v) is 49.6. The van der Waals surface area contributed by atoms with Crippen molar-refractivity contribution in [1.29, 1.82) is 0 Å². The number of nitrogens with one attached hydrogen (secondary N) is 9. The van der Waals surface area contributed by atoms with Gasteiger partial charge in [-0.15, -0.1) is 0 Å². The summed E-state index contributed by atoms with van der Waals surface area (Å²) >= 11 is 3.09. The number of ether oxygens (including phenoxy) is 5. The van der Waals surface area contributed by atoms with Crippen LogP contribution >= 0.6 is 15.9 Å². The second-order valence-corrected chi connectivity index (χ2v) is 21.8. The number of alkyl carbamates (subject to hydrolysis) is 1. The van der Waals surface area contributed by atoms with E-state index in [9.17, 15) is 48.3 Å². The first-order valence-electron chi connectivity index (χ1n) is 27.9. The van der Waals surface area contributed by atoms with E-state index in [0.29, 0.717) is 69.3 Å². The molecule has 1 spiro atoms. The third-order valence-corrected chi connectivity index (χ3v) is 14.4. The summed E-state index contributed by atoms with van der Waals surface area (Å²) in [6, 6.07) is 2.92. The number of carbonyl (C=O) groups is 9. The van der Waals surface area contributed by atoms with Crippen LogP contribution in [0.3, 0.4) is 0 Å². The minimum Gasteiger partial charge on any atom is -0.459 e. The van der Waals surface area contributed by atoms with E-state index < -0.39 is 78.0 Å². The van der Waals surface area contributed by atoms with Crippen LogP contribution in [-0.2, 0) is 59.1 Å². The molecule has 456 valence electrons. The van der Waals surface area contributed by atoms with Crippen LogP contribution in [0.5, 0.6) is 0 Å². The molecule has 0 radical (unpaired) electrons. The lowest BCUT2D eigenvalue weighted by atomic mass is 9.87. The number of rotatable bonds is 31. The number of benzene rings is 1. The van der Waals surface area contributed by atoms with Crippen LogP contribution in [0, 0.1) is 11.8 Å². The number of epoxide rings is 1. The molecule has 3 aliphatic heterocycles. The highest BCUT2D eigenvalue weighted by Gasteiger charge is 2.58. The third kappa shape index (κ3) is 24.9. The summed E-state index contributed by atoms with van der Waals surface area (Å²) in [5, 5.41) is 35.6. The molecule has 0 aromatic heterocycles. The number of allylic oxidation sites excluding steroid dienone is 2.